The summed E-state index contributed by atoms with van der Waals surface area (Å²) < 4.78 is 0. The van der Waals surface area contributed by atoms with E-state index in [1.54, 1.807) is 42.8 Å². The van der Waals surface area contributed by atoms with Crippen molar-refractivity contribution in [3.63, 3.8) is 0 Å². The number of aromatic amines is 1. The predicted octanol–water partition coefficient (Wildman–Crippen LogP) is 1.05. The lowest BCUT2D eigenvalue weighted by atomic mass is 10.0. The Hall–Kier alpha value is -4.36. The van der Waals surface area contributed by atoms with Gasteiger partial charge in [-0.25, -0.2) is 4.79 Å². The van der Waals surface area contributed by atoms with Crippen molar-refractivity contribution in [1.82, 2.24) is 20.9 Å². The summed E-state index contributed by atoms with van der Waals surface area (Å²) in [6.07, 6.45) is 3.08. The molecule has 4 unspecified atom stereocenters. The highest BCUT2D eigenvalue weighted by atomic mass is 32.2. The van der Waals surface area contributed by atoms with Crippen molar-refractivity contribution in [2.24, 2.45) is 5.73 Å². The first-order valence-corrected chi connectivity index (χ1v) is 14.7. The van der Waals surface area contributed by atoms with E-state index in [4.69, 9.17) is 5.73 Å². The zero-order chi connectivity index (χ0) is 30.6. The van der Waals surface area contributed by atoms with Crippen molar-refractivity contribution in [2.45, 2.75) is 49.9 Å². The van der Waals surface area contributed by atoms with Crippen LogP contribution in [0.25, 0.3) is 10.9 Å². The highest BCUT2D eigenvalue weighted by molar-refractivity contribution is 7.98. The average Bonchev–Trinajstić information content (AvgIpc) is 3.37. The molecule has 42 heavy (non-hydrogen) atoms. The van der Waals surface area contributed by atoms with Gasteiger partial charge in [0.2, 0.25) is 17.7 Å². The summed E-state index contributed by atoms with van der Waals surface area (Å²) in [5.74, 6) is -4.60. The summed E-state index contributed by atoms with van der Waals surface area (Å²) >= 11 is 1.39. The maximum atomic E-state index is 13.4. The first kappa shape index (κ1) is 32.2. The van der Waals surface area contributed by atoms with E-state index in [0.717, 1.165) is 16.5 Å². The number of amides is 3. The number of hydrogen-bond donors (Lipinski definition) is 7. The van der Waals surface area contributed by atoms with Gasteiger partial charge in [-0.2, -0.15) is 11.8 Å². The molecule has 13 heteroatoms. The average molecular weight is 598 g/mol. The number of aromatic nitrogens is 1. The lowest BCUT2D eigenvalue weighted by Crippen LogP contribution is -2.58. The molecule has 0 aliphatic rings. The quantitative estimate of drug-likeness (QED) is 0.126. The third-order valence-electron chi connectivity index (χ3n) is 6.60. The number of para-hydroxylation sites is 1. The molecule has 0 saturated carbocycles. The molecule has 0 radical (unpaired) electrons. The van der Waals surface area contributed by atoms with Crippen molar-refractivity contribution in [3.05, 3.63) is 71.9 Å². The molecule has 3 amide bonds. The molecule has 0 bridgehead atoms. The molecule has 0 aliphatic carbocycles. The van der Waals surface area contributed by atoms with Gasteiger partial charge in [-0.15, -0.1) is 0 Å². The van der Waals surface area contributed by atoms with Crippen LogP contribution in [-0.4, -0.2) is 81.0 Å². The molecule has 3 aromatic rings. The third kappa shape index (κ3) is 9.35. The minimum Gasteiger partial charge on any atom is -0.481 e. The summed E-state index contributed by atoms with van der Waals surface area (Å²) in [5.41, 5.74) is 8.64. The molecule has 0 spiro atoms. The summed E-state index contributed by atoms with van der Waals surface area (Å²) in [4.78, 5) is 65.8. The number of nitrogens with two attached hydrogens (primary N) is 1. The third-order valence-corrected chi connectivity index (χ3v) is 7.25. The zero-order valence-corrected chi connectivity index (χ0v) is 23.9. The number of aliphatic carboxylic acids is 2. The fraction of sp³-hybridized carbons (Fsp3) is 0.345. The molecule has 1 aromatic heterocycles. The summed E-state index contributed by atoms with van der Waals surface area (Å²) in [7, 11) is 0. The molecule has 0 aliphatic heterocycles. The molecular weight excluding hydrogens is 562 g/mol. The van der Waals surface area contributed by atoms with E-state index in [1.165, 1.54) is 11.8 Å². The number of rotatable bonds is 16. The Labute approximate surface area is 246 Å². The minimum atomic E-state index is -1.58. The monoisotopic (exact) mass is 597 g/mol. The van der Waals surface area contributed by atoms with E-state index >= 15 is 0 Å². The number of carboxylic acids is 2. The van der Waals surface area contributed by atoms with Crippen molar-refractivity contribution in [1.29, 1.82) is 0 Å². The Morgan fingerprint density at radius 2 is 1.45 bits per heavy atom. The molecule has 0 fully saturated rings. The van der Waals surface area contributed by atoms with Crippen molar-refractivity contribution in [2.75, 3.05) is 12.0 Å². The van der Waals surface area contributed by atoms with Gasteiger partial charge in [0.15, 0.2) is 0 Å². The minimum absolute atomic E-state index is 0.0328. The lowest BCUT2D eigenvalue weighted by molar-refractivity contribution is -0.143. The van der Waals surface area contributed by atoms with E-state index in [1.807, 2.05) is 24.3 Å². The Bertz CT molecular complexity index is 1400. The standard InChI is InChI=1S/C29H35N5O7S/c1-42-12-11-22(29(40)41)32-28(39)24(15-25(35)36)34-27(38)23(13-17-7-3-2-4-8-17)33-26(37)20(30)14-18-16-31-21-10-6-5-9-19(18)21/h2-10,16,20,22-24,31H,11-15,30H2,1H3,(H,32,39)(H,33,37)(H,34,38)(H,35,36)(H,40,41). The van der Waals surface area contributed by atoms with Crippen molar-refractivity contribution in [3.8, 4) is 0 Å². The Morgan fingerprint density at radius 1 is 0.833 bits per heavy atom. The Balaban J connectivity index is 1.76. The molecule has 0 saturated heterocycles. The van der Waals surface area contributed by atoms with Gasteiger partial charge in [-0.3, -0.25) is 19.2 Å². The maximum absolute atomic E-state index is 13.4. The number of carboxylic acid groups (broad SMARTS) is 2. The van der Waals surface area contributed by atoms with Gasteiger partial charge in [0.25, 0.3) is 0 Å². The van der Waals surface area contributed by atoms with E-state index in [0.29, 0.717) is 11.3 Å². The van der Waals surface area contributed by atoms with Crippen LogP contribution in [0.5, 0.6) is 0 Å². The molecule has 3 rings (SSSR count). The summed E-state index contributed by atoms with van der Waals surface area (Å²) in [5, 5.41) is 27.1. The van der Waals surface area contributed by atoms with Crippen LogP contribution in [0, 0.1) is 0 Å². The molecule has 4 atom stereocenters. The van der Waals surface area contributed by atoms with Crippen LogP contribution >= 0.6 is 11.8 Å². The molecule has 8 N–H and O–H groups in total. The van der Waals surface area contributed by atoms with E-state index < -0.39 is 60.2 Å². The topological polar surface area (TPSA) is 204 Å². The SMILES string of the molecule is CSCCC(NC(=O)C(CC(=O)O)NC(=O)C(Cc1ccccc1)NC(=O)C(N)Cc1c[nH]c2ccccc12)C(=O)O. The van der Waals surface area contributed by atoms with Crippen LogP contribution in [0.2, 0.25) is 0 Å². The number of nitrogens with one attached hydrogen (secondary N) is 4. The second-order valence-corrected chi connectivity index (χ2v) is 10.7. The fourth-order valence-electron chi connectivity index (χ4n) is 4.39. The number of H-pyrrole nitrogens is 1. The van der Waals surface area contributed by atoms with Gasteiger partial charge in [0, 0.05) is 23.5 Å². The lowest BCUT2D eigenvalue weighted by Gasteiger charge is -2.24. The van der Waals surface area contributed by atoms with Crippen LogP contribution in [0.3, 0.4) is 0 Å². The van der Waals surface area contributed by atoms with Gasteiger partial charge in [-0.05, 0) is 42.0 Å². The normalized spacial score (nSPS) is 13.9. The largest absolute Gasteiger partial charge is 0.481 e. The summed E-state index contributed by atoms with van der Waals surface area (Å²) in [6, 6.07) is 11.3. The highest BCUT2D eigenvalue weighted by Crippen LogP contribution is 2.19. The van der Waals surface area contributed by atoms with Crippen molar-refractivity contribution < 1.29 is 34.2 Å². The van der Waals surface area contributed by atoms with E-state index in [2.05, 4.69) is 20.9 Å². The van der Waals surface area contributed by atoms with Crippen molar-refractivity contribution >= 4 is 52.3 Å². The summed E-state index contributed by atoms with van der Waals surface area (Å²) in [6.45, 7) is 0. The number of hydrogen-bond acceptors (Lipinski definition) is 7. The molecular formula is C29H35N5O7S. The number of carbonyl (C=O) groups is 5. The van der Waals surface area contributed by atoms with Gasteiger partial charge in [0.1, 0.15) is 18.1 Å². The number of thioether (sulfide) groups is 1. The van der Waals surface area contributed by atoms with E-state index in [-0.39, 0.29) is 19.3 Å². The molecule has 2 aromatic carbocycles. The van der Waals surface area contributed by atoms with Crippen LogP contribution in [0.15, 0.2) is 60.8 Å². The zero-order valence-electron chi connectivity index (χ0n) is 23.0. The molecule has 224 valence electrons. The highest BCUT2D eigenvalue weighted by Gasteiger charge is 2.32. The number of benzene rings is 2. The molecule has 12 nitrogen and oxygen atoms in total. The molecule has 1 heterocycles. The Kier molecular flexibility index (Phi) is 11.9. The van der Waals surface area contributed by atoms with Crippen LogP contribution in [0.1, 0.15) is 24.0 Å². The second-order valence-electron chi connectivity index (χ2n) is 9.76. The van der Waals surface area contributed by atoms with Gasteiger partial charge in [0.05, 0.1) is 12.5 Å². The fourth-order valence-corrected chi connectivity index (χ4v) is 4.86. The van der Waals surface area contributed by atoms with Crippen LogP contribution in [-0.2, 0) is 36.8 Å². The Morgan fingerprint density at radius 3 is 2.12 bits per heavy atom. The van der Waals surface area contributed by atoms with Gasteiger partial charge in [-0.1, -0.05) is 48.5 Å². The number of fused-ring (bicyclic) bond motifs is 1. The van der Waals surface area contributed by atoms with Crippen LogP contribution in [0.4, 0.5) is 0 Å². The van der Waals surface area contributed by atoms with Crippen LogP contribution < -0.4 is 21.7 Å². The van der Waals surface area contributed by atoms with E-state index in [9.17, 15) is 34.2 Å². The smallest absolute Gasteiger partial charge is 0.326 e. The first-order chi connectivity index (χ1) is 20.1. The number of carbonyl (C=O) groups excluding carboxylic acids is 3. The van der Waals surface area contributed by atoms with Gasteiger partial charge >= 0.3 is 11.9 Å². The van der Waals surface area contributed by atoms with Gasteiger partial charge < -0.3 is 36.9 Å². The second kappa shape index (κ2) is 15.6. The predicted molar refractivity (Wildman–Crippen MR) is 159 cm³/mol. The first-order valence-electron chi connectivity index (χ1n) is 13.3. The maximum Gasteiger partial charge on any atom is 0.326 e.